The topological polar surface area (TPSA) is 3.24 Å². The van der Waals surface area contributed by atoms with Crippen LogP contribution in [0.3, 0.4) is 0 Å². The Hall–Kier alpha value is -0.890. The van der Waals surface area contributed by atoms with Crippen molar-refractivity contribution in [1.29, 1.82) is 0 Å². The summed E-state index contributed by atoms with van der Waals surface area (Å²) in [7, 11) is 4.18. The minimum atomic E-state index is -0.117. The zero-order valence-electron chi connectivity index (χ0n) is 10.5. The molecule has 0 saturated heterocycles. The Morgan fingerprint density at radius 2 is 2.06 bits per heavy atom. The summed E-state index contributed by atoms with van der Waals surface area (Å²) >= 11 is 0. The van der Waals surface area contributed by atoms with Gasteiger partial charge in [0.05, 0.1) is 0 Å². The van der Waals surface area contributed by atoms with Crippen LogP contribution in [0.15, 0.2) is 35.7 Å². The highest BCUT2D eigenvalue weighted by atomic mass is 19.1. The van der Waals surface area contributed by atoms with Gasteiger partial charge in [-0.1, -0.05) is 19.1 Å². The predicted molar refractivity (Wildman–Crippen MR) is 68.0 cm³/mol. The molecule has 0 saturated carbocycles. The summed E-state index contributed by atoms with van der Waals surface area (Å²) in [5.74, 6) is 0.437. The Bertz CT molecular complexity index is 300. The number of hydrogen-bond acceptors (Lipinski definition) is 1. The highest BCUT2D eigenvalue weighted by Gasteiger charge is 2.11. The van der Waals surface area contributed by atoms with E-state index >= 15 is 0 Å². The molecule has 0 heterocycles. The highest BCUT2D eigenvalue weighted by molar-refractivity contribution is 5.30. The van der Waals surface area contributed by atoms with Crippen LogP contribution in [0.1, 0.15) is 26.2 Å². The number of halogens is 1. The van der Waals surface area contributed by atoms with Crippen molar-refractivity contribution in [2.24, 2.45) is 5.92 Å². The normalized spacial score (nSPS) is 18.1. The fourth-order valence-electron chi connectivity index (χ4n) is 1.94. The van der Waals surface area contributed by atoms with E-state index in [4.69, 9.17) is 0 Å². The number of rotatable bonds is 5. The van der Waals surface area contributed by atoms with Gasteiger partial charge in [0.1, 0.15) is 5.83 Å². The van der Waals surface area contributed by atoms with Gasteiger partial charge in [-0.2, -0.15) is 0 Å². The highest BCUT2D eigenvalue weighted by Crippen LogP contribution is 2.24. The van der Waals surface area contributed by atoms with E-state index in [-0.39, 0.29) is 5.83 Å². The van der Waals surface area contributed by atoms with E-state index in [0.717, 1.165) is 19.4 Å². The molecule has 1 rings (SSSR count). The van der Waals surface area contributed by atoms with Crippen molar-refractivity contribution in [3.8, 4) is 0 Å². The van der Waals surface area contributed by atoms with E-state index < -0.39 is 0 Å². The van der Waals surface area contributed by atoms with Crippen molar-refractivity contribution in [2.45, 2.75) is 26.2 Å². The lowest BCUT2D eigenvalue weighted by atomic mass is 9.92. The van der Waals surface area contributed by atoms with Crippen LogP contribution in [-0.4, -0.2) is 25.5 Å². The van der Waals surface area contributed by atoms with Crippen LogP contribution in [-0.2, 0) is 0 Å². The minimum Gasteiger partial charge on any atom is -0.309 e. The van der Waals surface area contributed by atoms with Crippen LogP contribution in [0.4, 0.5) is 4.39 Å². The maximum Gasteiger partial charge on any atom is 0.119 e. The molecule has 1 aliphatic rings. The first kappa shape index (κ1) is 13.2. The summed E-state index contributed by atoms with van der Waals surface area (Å²) in [6, 6.07) is 0. The monoisotopic (exact) mass is 223 g/mol. The van der Waals surface area contributed by atoms with Crippen molar-refractivity contribution in [1.82, 2.24) is 4.90 Å². The van der Waals surface area contributed by atoms with Gasteiger partial charge in [-0.15, -0.1) is 0 Å². The van der Waals surface area contributed by atoms with E-state index in [2.05, 4.69) is 32.0 Å². The number of nitrogens with zero attached hydrogens (tertiary/aromatic N) is 1. The molecule has 0 bridgehead atoms. The van der Waals surface area contributed by atoms with Gasteiger partial charge in [0.15, 0.2) is 0 Å². The molecule has 90 valence electrons. The Balaban J connectivity index is 2.59. The van der Waals surface area contributed by atoms with E-state index in [9.17, 15) is 4.39 Å². The molecule has 0 amide bonds. The maximum atomic E-state index is 13.0. The van der Waals surface area contributed by atoms with Crippen molar-refractivity contribution in [3.63, 3.8) is 0 Å². The van der Waals surface area contributed by atoms with Crippen LogP contribution in [0, 0.1) is 5.92 Å². The number of hydrogen-bond donors (Lipinski definition) is 0. The fourth-order valence-corrected chi connectivity index (χ4v) is 1.94. The second-order valence-corrected chi connectivity index (χ2v) is 4.56. The van der Waals surface area contributed by atoms with Gasteiger partial charge >= 0.3 is 0 Å². The molecule has 0 N–H and O–H groups in total. The predicted octanol–water partition coefficient (Wildman–Crippen LogP) is 3.70. The van der Waals surface area contributed by atoms with Crippen LogP contribution in [0.2, 0.25) is 0 Å². The number of allylic oxidation sites excluding steroid dienone is 6. The molecule has 1 atom stereocenters. The molecule has 0 aromatic carbocycles. The first-order chi connectivity index (χ1) is 7.63. The third-order valence-electron chi connectivity index (χ3n) is 2.99. The molecule has 1 nitrogen and oxygen atoms in total. The molecule has 16 heavy (non-hydrogen) atoms. The fraction of sp³-hybridized carbons (Fsp3) is 0.571. The molecule has 0 aromatic rings. The van der Waals surface area contributed by atoms with Crippen molar-refractivity contribution >= 4 is 0 Å². The zero-order valence-corrected chi connectivity index (χ0v) is 10.5. The first-order valence-electron chi connectivity index (χ1n) is 6.02. The van der Waals surface area contributed by atoms with Gasteiger partial charge in [0.2, 0.25) is 0 Å². The van der Waals surface area contributed by atoms with Crippen molar-refractivity contribution in [3.05, 3.63) is 35.7 Å². The zero-order chi connectivity index (χ0) is 12.0. The average molecular weight is 223 g/mol. The van der Waals surface area contributed by atoms with E-state index in [1.807, 2.05) is 6.08 Å². The largest absolute Gasteiger partial charge is 0.309 e. The van der Waals surface area contributed by atoms with Crippen LogP contribution >= 0.6 is 0 Å². The summed E-state index contributed by atoms with van der Waals surface area (Å²) < 4.78 is 13.0. The van der Waals surface area contributed by atoms with Crippen molar-refractivity contribution < 1.29 is 4.39 Å². The molecular formula is C14H22FN. The van der Waals surface area contributed by atoms with Crippen LogP contribution in [0.25, 0.3) is 0 Å². The molecule has 1 unspecified atom stereocenters. The Morgan fingerprint density at radius 1 is 1.31 bits per heavy atom. The van der Waals surface area contributed by atoms with Gasteiger partial charge in [0, 0.05) is 0 Å². The Labute approximate surface area is 98.3 Å². The van der Waals surface area contributed by atoms with Crippen LogP contribution < -0.4 is 0 Å². The van der Waals surface area contributed by atoms with Gasteiger partial charge in [-0.05, 0) is 63.5 Å². The summed E-state index contributed by atoms with van der Waals surface area (Å²) in [4.78, 5) is 2.20. The smallest absolute Gasteiger partial charge is 0.119 e. The Kier molecular flexibility index (Phi) is 5.47. The van der Waals surface area contributed by atoms with Gasteiger partial charge < -0.3 is 4.90 Å². The van der Waals surface area contributed by atoms with Gasteiger partial charge in [-0.25, -0.2) is 4.39 Å². The lowest BCUT2D eigenvalue weighted by Crippen LogP contribution is -2.17. The SMILES string of the molecule is CCC(CCN(C)C)C1=CCC=C(F)C=C1. The molecular weight excluding hydrogens is 201 g/mol. The van der Waals surface area contributed by atoms with Gasteiger partial charge in [0.25, 0.3) is 0 Å². The molecule has 0 aromatic heterocycles. The third-order valence-corrected chi connectivity index (χ3v) is 2.99. The molecule has 0 fully saturated rings. The lowest BCUT2D eigenvalue weighted by Gasteiger charge is -2.18. The molecule has 1 aliphatic carbocycles. The third kappa shape index (κ3) is 4.31. The quantitative estimate of drug-likeness (QED) is 0.687. The lowest BCUT2D eigenvalue weighted by molar-refractivity contribution is 0.365. The minimum absolute atomic E-state index is 0.117. The van der Waals surface area contributed by atoms with E-state index in [1.165, 1.54) is 5.57 Å². The summed E-state index contributed by atoms with van der Waals surface area (Å²) in [6.45, 7) is 3.28. The maximum absolute atomic E-state index is 13.0. The Morgan fingerprint density at radius 3 is 2.69 bits per heavy atom. The average Bonchev–Trinajstić information content (AvgIpc) is 2.44. The molecule has 0 radical (unpaired) electrons. The summed E-state index contributed by atoms with van der Waals surface area (Å²) in [5.41, 5.74) is 1.29. The van der Waals surface area contributed by atoms with Crippen LogP contribution in [0.5, 0.6) is 0 Å². The molecule has 0 spiro atoms. The summed E-state index contributed by atoms with van der Waals surface area (Å²) in [5, 5.41) is 0. The molecule has 2 heteroatoms. The van der Waals surface area contributed by atoms with E-state index in [0.29, 0.717) is 12.3 Å². The van der Waals surface area contributed by atoms with Gasteiger partial charge in [-0.3, -0.25) is 0 Å². The first-order valence-corrected chi connectivity index (χ1v) is 6.02. The van der Waals surface area contributed by atoms with Crippen molar-refractivity contribution in [2.75, 3.05) is 20.6 Å². The standard InChI is InChI=1S/C14H22FN/c1-4-12(10-11-16(2)3)13-6-5-7-14(15)9-8-13/h6-9,12H,4-5,10-11H2,1-3H3. The molecule has 0 aliphatic heterocycles. The second-order valence-electron chi connectivity index (χ2n) is 4.56. The van der Waals surface area contributed by atoms with E-state index in [1.54, 1.807) is 12.2 Å². The second kappa shape index (κ2) is 6.64. The summed E-state index contributed by atoms with van der Waals surface area (Å²) in [6.07, 6.45) is 10.3.